The largest absolute Gasteiger partial charge is 0.452 e. The van der Waals surface area contributed by atoms with Crippen molar-refractivity contribution in [2.75, 3.05) is 6.61 Å². The molecule has 1 aromatic heterocycles. The zero-order chi connectivity index (χ0) is 21.8. The maximum absolute atomic E-state index is 13.1. The Hall–Kier alpha value is -3.47. The molecule has 0 saturated heterocycles. The second kappa shape index (κ2) is 9.13. The van der Waals surface area contributed by atoms with E-state index < -0.39 is 5.97 Å². The van der Waals surface area contributed by atoms with E-state index in [1.807, 2.05) is 56.3 Å². The van der Waals surface area contributed by atoms with Gasteiger partial charge in [-0.3, -0.25) is 4.79 Å². The summed E-state index contributed by atoms with van der Waals surface area (Å²) in [6, 6.07) is 17.7. The van der Waals surface area contributed by atoms with E-state index in [-0.39, 0.29) is 18.6 Å². The Bertz CT molecular complexity index is 1150. The lowest BCUT2D eigenvalue weighted by Gasteiger charge is -2.14. The average molecular weight is 415 g/mol. The smallest absolute Gasteiger partial charge is 0.339 e. The Morgan fingerprint density at radius 1 is 1.10 bits per heavy atom. The highest BCUT2D eigenvalue weighted by Gasteiger charge is 2.28. The van der Waals surface area contributed by atoms with Gasteiger partial charge >= 0.3 is 5.97 Å². The van der Waals surface area contributed by atoms with E-state index >= 15 is 0 Å². The number of carbonyl (C=O) groups is 2. The number of hydrogen-bond donors (Lipinski definition) is 1. The Kier molecular flexibility index (Phi) is 6.12. The molecule has 1 heterocycles. The van der Waals surface area contributed by atoms with Crippen LogP contribution in [-0.4, -0.2) is 29.5 Å². The number of amides is 1. The summed E-state index contributed by atoms with van der Waals surface area (Å²) in [5.74, 6) is -0.766. The van der Waals surface area contributed by atoms with E-state index in [1.165, 1.54) is 0 Å². The normalized spacial score (nSPS) is 15.0. The van der Waals surface area contributed by atoms with Gasteiger partial charge in [-0.25, -0.2) is 9.78 Å². The Labute approximate surface area is 182 Å². The number of fused-ring (bicyclic) bond motifs is 2. The van der Waals surface area contributed by atoms with Crippen LogP contribution in [0.4, 0.5) is 0 Å². The van der Waals surface area contributed by atoms with Crippen LogP contribution in [0.5, 0.6) is 0 Å². The highest BCUT2D eigenvalue weighted by Crippen LogP contribution is 2.37. The molecule has 0 bridgehead atoms. The van der Waals surface area contributed by atoms with Gasteiger partial charge in [0.1, 0.15) is 0 Å². The first-order chi connectivity index (χ1) is 15.1. The quantitative estimate of drug-likeness (QED) is 0.589. The highest BCUT2D eigenvalue weighted by molar-refractivity contribution is 6.07. The monoisotopic (exact) mass is 414 g/mol. The van der Waals surface area contributed by atoms with Gasteiger partial charge in [-0.15, -0.1) is 0 Å². The molecule has 0 fully saturated rings. The van der Waals surface area contributed by atoms with Crippen LogP contribution in [0.1, 0.15) is 53.9 Å². The minimum atomic E-state index is -0.477. The third kappa shape index (κ3) is 4.50. The Morgan fingerprint density at radius 3 is 2.61 bits per heavy atom. The number of carbonyl (C=O) groups excluding carboxylic acids is 2. The van der Waals surface area contributed by atoms with E-state index in [9.17, 15) is 9.59 Å². The second-order valence-electron chi connectivity index (χ2n) is 7.86. The summed E-state index contributed by atoms with van der Waals surface area (Å²) in [5, 5.41) is 3.58. The third-order valence-corrected chi connectivity index (χ3v) is 5.64. The summed E-state index contributed by atoms with van der Waals surface area (Å²) >= 11 is 0. The summed E-state index contributed by atoms with van der Waals surface area (Å²) in [6.45, 7) is 3.62. The van der Waals surface area contributed by atoms with Crippen LogP contribution in [0.3, 0.4) is 0 Å². The van der Waals surface area contributed by atoms with E-state index in [0.29, 0.717) is 5.56 Å². The van der Waals surface area contributed by atoms with E-state index in [2.05, 4.69) is 23.5 Å². The van der Waals surface area contributed by atoms with Crippen molar-refractivity contribution < 1.29 is 14.3 Å². The van der Waals surface area contributed by atoms with Gasteiger partial charge in [0.2, 0.25) is 0 Å². The van der Waals surface area contributed by atoms with Crippen LogP contribution in [0.25, 0.3) is 22.6 Å². The van der Waals surface area contributed by atoms with Crippen LogP contribution >= 0.6 is 0 Å². The lowest BCUT2D eigenvalue weighted by Crippen LogP contribution is -2.35. The molecule has 1 aliphatic rings. The van der Waals surface area contributed by atoms with Crippen LogP contribution in [-0.2, 0) is 16.0 Å². The molecule has 0 spiro atoms. The zero-order valence-corrected chi connectivity index (χ0v) is 17.9. The maximum Gasteiger partial charge on any atom is 0.339 e. The van der Waals surface area contributed by atoms with Crippen molar-refractivity contribution in [1.82, 2.24) is 10.3 Å². The number of nitrogens with one attached hydrogen (secondary N) is 1. The van der Waals surface area contributed by atoms with Crippen molar-refractivity contribution in [1.29, 1.82) is 0 Å². The topological polar surface area (TPSA) is 68.3 Å². The van der Waals surface area contributed by atoms with Gasteiger partial charge in [0, 0.05) is 11.4 Å². The molecule has 5 nitrogen and oxygen atoms in total. The zero-order valence-electron chi connectivity index (χ0n) is 17.9. The molecule has 1 amide bonds. The molecule has 4 rings (SSSR count). The van der Waals surface area contributed by atoms with E-state index in [4.69, 9.17) is 9.72 Å². The number of benzene rings is 2. The third-order valence-electron chi connectivity index (χ3n) is 5.64. The summed E-state index contributed by atoms with van der Waals surface area (Å²) in [4.78, 5) is 30.1. The number of ether oxygens (including phenoxy) is 1. The first kappa shape index (κ1) is 20.8. The number of rotatable bonds is 6. The fourth-order valence-electron chi connectivity index (χ4n) is 3.88. The van der Waals surface area contributed by atoms with Crippen LogP contribution in [0.2, 0.25) is 0 Å². The number of hydrogen-bond acceptors (Lipinski definition) is 4. The van der Waals surface area contributed by atoms with Crippen LogP contribution in [0, 0.1) is 0 Å². The number of nitrogens with zero attached hydrogens (tertiary/aromatic N) is 1. The first-order valence-electron chi connectivity index (χ1n) is 10.7. The van der Waals surface area contributed by atoms with Gasteiger partial charge in [0.05, 0.1) is 16.8 Å². The molecule has 1 aliphatic carbocycles. The van der Waals surface area contributed by atoms with Crippen LogP contribution in [0.15, 0.2) is 54.6 Å². The molecule has 1 N–H and O–H groups in total. The Balaban J connectivity index is 1.68. The standard InChI is InChI=1S/C26H26N2O3/c1-3-17(2)27-23(29)16-31-26(30)24-20-11-7-8-12-22(20)28-25-19(13-14-21(24)25)15-18-9-5-4-6-10-18/h4-12,15,17H,3,13-14,16H2,1-2H3,(H,27,29)/b19-15+/t17-/m0/s1. The molecule has 0 radical (unpaired) electrons. The van der Waals surface area contributed by atoms with Crippen molar-refractivity contribution in [3.05, 3.63) is 77.0 Å². The number of esters is 1. The lowest BCUT2D eigenvalue weighted by atomic mass is 10.0. The predicted molar refractivity (Wildman–Crippen MR) is 123 cm³/mol. The maximum atomic E-state index is 13.1. The van der Waals surface area contributed by atoms with Gasteiger partial charge < -0.3 is 10.1 Å². The molecule has 0 saturated carbocycles. The number of para-hydroxylation sites is 1. The minimum absolute atomic E-state index is 0.0443. The fourth-order valence-corrected chi connectivity index (χ4v) is 3.88. The molecular weight excluding hydrogens is 388 g/mol. The summed E-state index contributed by atoms with van der Waals surface area (Å²) in [6.07, 6.45) is 4.47. The summed E-state index contributed by atoms with van der Waals surface area (Å²) in [7, 11) is 0. The van der Waals surface area contributed by atoms with Gasteiger partial charge in [0.15, 0.2) is 6.61 Å². The van der Waals surface area contributed by atoms with Gasteiger partial charge in [-0.1, -0.05) is 55.5 Å². The van der Waals surface area contributed by atoms with Gasteiger partial charge in [0.25, 0.3) is 5.91 Å². The van der Waals surface area contributed by atoms with Crippen molar-refractivity contribution in [3.8, 4) is 0 Å². The molecule has 31 heavy (non-hydrogen) atoms. The number of aromatic nitrogens is 1. The molecule has 158 valence electrons. The minimum Gasteiger partial charge on any atom is -0.452 e. The molecule has 1 atom stereocenters. The van der Waals surface area contributed by atoms with E-state index in [0.717, 1.165) is 52.6 Å². The second-order valence-corrected chi connectivity index (χ2v) is 7.86. The van der Waals surface area contributed by atoms with Crippen molar-refractivity contribution >= 4 is 34.4 Å². The van der Waals surface area contributed by atoms with Crippen molar-refractivity contribution in [3.63, 3.8) is 0 Å². The Morgan fingerprint density at radius 2 is 1.84 bits per heavy atom. The van der Waals surface area contributed by atoms with E-state index in [1.54, 1.807) is 0 Å². The molecule has 2 aromatic carbocycles. The van der Waals surface area contributed by atoms with Crippen molar-refractivity contribution in [2.45, 2.75) is 39.2 Å². The summed E-state index contributed by atoms with van der Waals surface area (Å²) < 4.78 is 5.42. The van der Waals surface area contributed by atoms with Crippen LogP contribution < -0.4 is 5.32 Å². The summed E-state index contributed by atoms with van der Waals surface area (Å²) in [5.41, 5.74) is 5.22. The highest BCUT2D eigenvalue weighted by atomic mass is 16.5. The molecule has 0 unspecified atom stereocenters. The fraction of sp³-hybridized carbons (Fsp3) is 0.269. The van der Waals surface area contributed by atoms with Gasteiger partial charge in [-0.2, -0.15) is 0 Å². The van der Waals surface area contributed by atoms with Gasteiger partial charge in [-0.05, 0) is 55.0 Å². The molecular formula is C26H26N2O3. The molecule has 3 aromatic rings. The molecule has 0 aliphatic heterocycles. The molecule has 5 heteroatoms. The SMILES string of the molecule is CC[C@H](C)NC(=O)COC(=O)c1c2c(nc3ccccc13)/C(=C/c1ccccc1)CC2. The predicted octanol–water partition coefficient (Wildman–Crippen LogP) is 4.79. The average Bonchev–Trinajstić information content (AvgIpc) is 3.18. The lowest BCUT2D eigenvalue weighted by molar-refractivity contribution is -0.124. The van der Waals surface area contributed by atoms with Crippen molar-refractivity contribution in [2.24, 2.45) is 0 Å². The number of pyridine rings is 1. The first-order valence-corrected chi connectivity index (χ1v) is 10.7. The number of allylic oxidation sites excluding steroid dienone is 1.